The van der Waals surface area contributed by atoms with Gasteiger partial charge in [0.2, 0.25) is 5.43 Å². The molecule has 2 aliphatic heterocycles. The van der Waals surface area contributed by atoms with Crippen molar-refractivity contribution in [3.63, 3.8) is 0 Å². The van der Waals surface area contributed by atoms with E-state index in [1.807, 2.05) is 43.1 Å². The molecule has 2 aliphatic rings. The molecule has 1 aromatic heterocycles. The Labute approximate surface area is 202 Å². The molecule has 34 heavy (non-hydrogen) atoms. The van der Waals surface area contributed by atoms with Crippen LogP contribution in [0.25, 0.3) is 0 Å². The van der Waals surface area contributed by atoms with Crippen LogP contribution in [0.15, 0.2) is 70.5 Å². The van der Waals surface area contributed by atoms with Crippen molar-refractivity contribution < 1.29 is 15.0 Å². The van der Waals surface area contributed by atoms with Crippen LogP contribution >= 0.6 is 11.8 Å². The van der Waals surface area contributed by atoms with E-state index in [0.717, 1.165) is 21.8 Å². The average molecular weight is 478 g/mol. The summed E-state index contributed by atoms with van der Waals surface area (Å²) in [6, 6.07) is 17.0. The van der Waals surface area contributed by atoms with Crippen LogP contribution in [0, 0.1) is 5.92 Å². The third-order valence-electron chi connectivity index (χ3n) is 6.69. The summed E-state index contributed by atoms with van der Waals surface area (Å²) >= 11 is 1.77. The number of carbonyl (C=O) groups is 1. The fourth-order valence-electron chi connectivity index (χ4n) is 4.90. The minimum Gasteiger partial charge on any atom is -0.502 e. The molecule has 0 aliphatic carbocycles. The normalized spacial score (nSPS) is 18.2. The molecule has 0 bridgehead atoms. The maximum absolute atomic E-state index is 13.5. The van der Waals surface area contributed by atoms with E-state index in [9.17, 15) is 19.8 Å². The Morgan fingerprint density at radius 3 is 2.47 bits per heavy atom. The fourth-order valence-corrected chi connectivity index (χ4v) is 6.00. The smallest absolute Gasteiger partial charge is 0.278 e. The number of hydrogen-bond donors (Lipinski definition) is 2. The van der Waals surface area contributed by atoms with Crippen molar-refractivity contribution in [1.29, 1.82) is 0 Å². The summed E-state index contributed by atoms with van der Waals surface area (Å²) in [4.78, 5) is 28.6. The van der Waals surface area contributed by atoms with Gasteiger partial charge in [-0.1, -0.05) is 56.3 Å². The van der Waals surface area contributed by atoms with Gasteiger partial charge in [-0.05, 0) is 28.7 Å². The van der Waals surface area contributed by atoms with Gasteiger partial charge in [-0.3, -0.25) is 19.3 Å². The number of fused-ring (bicyclic) bond motifs is 3. The second kappa shape index (κ2) is 8.85. The molecule has 7 nitrogen and oxygen atoms in total. The Balaban J connectivity index is 1.77. The standard InChI is InChI=1S/C26H27N3O4S/c1-16(2)20(13-30)27-15-29(28-12-11-21(31)25(32)24(28)26(27)33)23-18-8-4-3-7-17(18)14-34-22-10-6-5-9-19(22)23/h3-12,16,20,23,30,32H,13-15H2,1-2H3. The van der Waals surface area contributed by atoms with Crippen LogP contribution in [-0.4, -0.2) is 45.0 Å². The molecule has 2 atom stereocenters. The molecule has 5 rings (SSSR count). The Hall–Kier alpha value is -3.23. The van der Waals surface area contributed by atoms with Gasteiger partial charge in [-0.25, -0.2) is 0 Å². The molecule has 0 fully saturated rings. The molecule has 2 aromatic carbocycles. The topological polar surface area (TPSA) is 86.0 Å². The first-order valence-electron chi connectivity index (χ1n) is 11.3. The van der Waals surface area contributed by atoms with Crippen molar-refractivity contribution >= 4 is 17.7 Å². The largest absolute Gasteiger partial charge is 0.502 e. The summed E-state index contributed by atoms with van der Waals surface area (Å²) in [6.07, 6.45) is 1.55. The molecule has 0 saturated heterocycles. The highest BCUT2D eigenvalue weighted by Crippen LogP contribution is 2.43. The number of nitrogens with zero attached hydrogens (tertiary/aromatic N) is 3. The lowest BCUT2D eigenvalue weighted by molar-refractivity contribution is 0.0408. The maximum atomic E-state index is 13.5. The van der Waals surface area contributed by atoms with Crippen LogP contribution in [0.5, 0.6) is 5.75 Å². The van der Waals surface area contributed by atoms with E-state index in [1.54, 1.807) is 27.5 Å². The number of benzene rings is 2. The molecular weight excluding hydrogens is 450 g/mol. The minimum absolute atomic E-state index is 0.0239. The SMILES string of the molecule is CC(C)C(CO)N1CN(C2c3ccccc3CSc3ccccc32)n2ccc(=O)c(O)c2C1=O. The highest BCUT2D eigenvalue weighted by atomic mass is 32.2. The van der Waals surface area contributed by atoms with Gasteiger partial charge in [-0.15, -0.1) is 11.8 Å². The van der Waals surface area contributed by atoms with Crippen molar-refractivity contribution in [3.8, 4) is 5.75 Å². The van der Waals surface area contributed by atoms with Crippen molar-refractivity contribution in [3.05, 3.63) is 93.4 Å². The number of aromatic hydroxyl groups is 1. The fraction of sp³-hybridized carbons (Fsp3) is 0.308. The van der Waals surface area contributed by atoms with Gasteiger partial charge in [0.1, 0.15) is 6.67 Å². The van der Waals surface area contributed by atoms with Crippen LogP contribution in [0.2, 0.25) is 0 Å². The summed E-state index contributed by atoms with van der Waals surface area (Å²) in [5.74, 6) is -0.256. The first kappa shape index (κ1) is 22.6. The number of rotatable bonds is 4. The first-order valence-corrected chi connectivity index (χ1v) is 12.3. The zero-order valence-electron chi connectivity index (χ0n) is 19.1. The van der Waals surface area contributed by atoms with Crippen LogP contribution in [0.1, 0.15) is 47.1 Å². The summed E-state index contributed by atoms with van der Waals surface area (Å²) in [5, 5.41) is 22.9. The van der Waals surface area contributed by atoms with E-state index in [4.69, 9.17) is 0 Å². The summed E-state index contributed by atoms with van der Waals surface area (Å²) in [5.41, 5.74) is 2.68. The molecule has 3 heterocycles. The molecule has 2 unspecified atom stereocenters. The monoisotopic (exact) mass is 477 g/mol. The molecule has 8 heteroatoms. The number of amides is 1. The van der Waals surface area contributed by atoms with Crippen molar-refractivity contribution in [2.45, 2.75) is 36.6 Å². The molecule has 1 amide bonds. The van der Waals surface area contributed by atoms with Gasteiger partial charge in [0, 0.05) is 22.9 Å². The van der Waals surface area contributed by atoms with E-state index in [-0.39, 0.29) is 30.9 Å². The maximum Gasteiger partial charge on any atom is 0.278 e. The molecule has 0 radical (unpaired) electrons. The molecule has 0 spiro atoms. The Bertz CT molecular complexity index is 1260. The minimum atomic E-state index is -0.608. The van der Waals surface area contributed by atoms with Crippen LogP contribution in [0.4, 0.5) is 0 Å². The van der Waals surface area contributed by atoms with E-state index in [0.29, 0.717) is 0 Å². The molecule has 2 N–H and O–H groups in total. The van der Waals surface area contributed by atoms with Crippen molar-refractivity contribution in [1.82, 2.24) is 9.58 Å². The van der Waals surface area contributed by atoms with Crippen LogP contribution < -0.4 is 10.4 Å². The zero-order valence-corrected chi connectivity index (χ0v) is 19.9. The summed E-state index contributed by atoms with van der Waals surface area (Å²) < 4.78 is 1.61. The second-order valence-corrected chi connectivity index (χ2v) is 10.0. The zero-order chi connectivity index (χ0) is 24.0. The number of aliphatic hydroxyl groups is 1. The predicted molar refractivity (Wildman–Crippen MR) is 132 cm³/mol. The van der Waals surface area contributed by atoms with Gasteiger partial charge in [0.05, 0.1) is 18.7 Å². The van der Waals surface area contributed by atoms with Gasteiger partial charge in [0.15, 0.2) is 11.4 Å². The number of pyridine rings is 1. The highest BCUT2D eigenvalue weighted by Gasteiger charge is 2.41. The number of aliphatic hydroxyl groups excluding tert-OH is 1. The third-order valence-corrected chi connectivity index (χ3v) is 7.83. The molecule has 3 aromatic rings. The lowest BCUT2D eigenvalue weighted by Gasteiger charge is -2.47. The van der Waals surface area contributed by atoms with Gasteiger partial charge < -0.3 is 15.1 Å². The van der Waals surface area contributed by atoms with Gasteiger partial charge in [-0.2, -0.15) is 0 Å². The summed E-state index contributed by atoms with van der Waals surface area (Å²) in [7, 11) is 0. The van der Waals surface area contributed by atoms with Gasteiger partial charge >= 0.3 is 0 Å². The Morgan fingerprint density at radius 1 is 1.03 bits per heavy atom. The van der Waals surface area contributed by atoms with Crippen LogP contribution in [-0.2, 0) is 5.75 Å². The number of hydrogen-bond acceptors (Lipinski definition) is 6. The second-order valence-electron chi connectivity index (χ2n) is 9.00. The number of aromatic nitrogens is 1. The quantitative estimate of drug-likeness (QED) is 0.600. The number of carbonyl (C=O) groups excluding carboxylic acids is 1. The Kier molecular flexibility index (Phi) is 5.87. The van der Waals surface area contributed by atoms with Crippen molar-refractivity contribution in [2.75, 3.05) is 18.3 Å². The lowest BCUT2D eigenvalue weighted by Crippen LogP contribution is -2.60. The van der Waals surface area contributed by atoms with Crippen molar-refractivity contribution in [2.24, 2.45) is 5.92 Å². The summed E-state index contributed by atoms with van der Waals surface area (Å²) in [6.45, 7) is 3.86. The Morgan fingerprint density at radius 2 is 1.74 bits per heavy atom. The molecule has 176 valence electrons. The highest BCUT2D eigenvalue weighted by molar-refractivity contribution is 7.98. The predicted octanol–water partition coefficient (Wildman–Crippen LogP) is 3.32. The van der Waals surface area contributed by atoms with Crippen LogP contribution in [0.3, 0.4) is 0 Å². The van der Waals surface area contributed by atoms with E-state index in [2.05, 4.69) is 24.3 Å². The molecular formula is C26H27N3O4S. The lowest BCUT2D eigenvalue weighted by atomic mass is 9.94. The average Bonchev–Trinajstić information content (AvgIpc) is 3.00. The van der Waals surface area contributed by atoms with E-state index < -0.39 is 23.1 Å². The first-order chi connectivity index (χ1) is 16.4. The third kappa shape index (κ3) is 3.58. The number of thioether (sulfide) groups is 1. The molecule has 0 saturated carbocycles. The van der Waals surface area contributed by atoms with E-state index >= 15 is 0 Å². The van der Waals surface area contributed by atoms with Gasteiger partial charge in [0.25, 0.3) is 5.91 Å². The van der Waals surface area contributed by atoms with E-state index in [1.165, 1.54) is 11.6 Å².